The first-order valence-electron chi connectivity index (χ1n) is 8.44. The number of alkyl carbamates (subject to hydrolysis) is 1. The summed E-state index contributed by atoms with van der Waals surface area (Å²) in [5.74, 6) is 1.91. The molecule has 6 heteroatoms. The van der Waals surface area contributed by atoms with Crippen molar-refractivity contribution in [2.24, 2.45) is 17.8 Å². The van der Waals surface area contributed by atoms with Crippen molar-refractivity contribution >= 4 is 6.09 Å². The number of aromatic nitrogens is 3. The molecule has 0 aromatic carbocycles. The molecule has 1 fully saturated rings. The topological polar surface area (TPSA) is 69.0 Å². The molecule has 1 aromatic heterocycles. The smallest absolute Gasteiger partial charge is 0.407 e. The van der Waals surface area contributed by atoms with Gasteiger partial charge in [0.2, 0.25) is 0 Å². The summed E-state index contributed by atoms with van der Waals surface area (Å²) in [6.45, 7) is 7.43. The lowest BCUT2D eigenvalue weighted by molar-refractivity contribution is 0.135. The number of aryl methyl sites for hydroxylation is 2. The third-order valence-electron chi connectivity index (χ3n) is 4.97. The minimum absolute atomic E-state index is 0.123. The fourth-order valence-electron chi connectivity index (χ4n) is 3.77. The molecule has 2 aliphatic rings. The summed E-state index contributed by atoms with van der Waals surface area (Å²) < 4.78 is 7.40. The average Bonchev–Trinajstić information content (AvgIpc) is 2.95. The van der Waals surface area contributed by atoms with E-state index in [1.807, 2.05) is 18.5 Å². The van der Waals surface area contributed by atoms with Crippen LogP contribution in [0.25, 0.3) is 0 Å². The Labute approximate surface area is 131 Å². The third-order valence-corrected chi connectivity index (χ3v) is 4.97. The van der Waals surface area contributed by atoms with E-state index in [0.717, 1.165) is 32.2 Å². The molecule has 6 nitrogen and oxygen atoms in total. The lowest BCUT2D eigenvalue weighted by atomic mass is 10.0. The van der Waals surface area contributed by atoms with Crippen molar-refractivity contribution in [1.82, 2.24) is 20.3 Å². The monoisotopic (exact) mass is 306 g/mol. The van der Waals surface area contributed by atoms with Gasteiger partial charge in [-0.3, -0.25) is 0 Å². The molecule has 122 valence electrons. The first kappa shape index (κ1) is 15.3. The van der Waals surface area contributed by atoms with Crippen LogP contribution in [0.2, 0.25) is 0 Å². The standard InChI is InChI=1S/C16H26N4O2/c1-4-20-15-8-6-12-11(5-7-14(15)18-19-20)13(12)9-22-16(21)17-10(2)3/h10-13H,4-9H2,1-3H3,(H,17,21). The van der Waals surface area contributed by atoms with E-state index < -0.39 is 0 Å². The highest BCUT2D eigenvalue weighted by Gasteiger charge is 2.50. The highest BCUT2D eigenvalue weighted by atomic mass is 16.5. The predicted molar refractivity (Wildman–Crippen MR) is 82.4 cm³/mol. The number of hydrogen-bond acceptors (Lipinski definition) is 4. The Hall–Kier alpha value is -1.59. The Kier molecular flexibility index (Phi) is 4.36. The lowest BCUT2D eigenvalue weighted by Crippen LogP contribution is -2.31. The summed E-state index contributed by atoms with van der Waals surface area (Å²) >= 11 is 0. The van der Waals surface area contributed by atoms with Crippen molar-refractivity contribution in [2.45, 2.75) is 59.0 Å². The largest absolute Gasteiger partial charge is 0.449 e. The molecule has 1 amide bonds. The first-order chi connectivity index (χ1) is 10.6. The number of hydrogen-bond donors (Lipinski definition) is 1. The van der Waals surface area contributed by atoms with Gasteiger partial charge in [0.1, 0.15) is 0 Å². The van der Waals surface area contributed by atoms with Gasteiger partial charge in [0.05, 0.1) is 18.0 Å². The second kappa shape index (κ2) is 6.26. The molecule has 2 aliphatic carbocycles. The maximum atomic E-state index is 11.6. The van der Waals surface area contributed by atoms with Crippen molar-refractivity contribution in [3.8, 4) is 0 Å². The van der Waals surface area contributed by atoms with Crippen molar-refractivity contribution in [2.75, 3.05) is 6.61 Å². The van der Waals surface area contributed by atoms with Crippen LogP contribution in [0, 0.1) is 17.8 Å². The Bertz CT molecular complexity index is 540. The number of carbonyl (C=O) groups excluding carboxylic acids is 1. The summed E-state index contributed by atoms with van der Waals surface area (Å²) in [6.07, 6.45) is 4.06. The van der Waals surface area contributed by atoms with Gasteiger partial charge in [0, 0.05) is 12.6 Å². The Morgan fingerprint density at radius 1 is 1.36 bits per heavy atom. The Morgan fingerprint density at radius 3 is 2.77 bits per heavy atom. The van der Waals surface area contributed by atoms with E-state index in [2.05, 4.69) is 22.6 Å². The summed E-state index contributed by atoms with van der Waals surface area (Å²) in [5.41, 5.74) is 2.48. The molecule has 1 N–H and O–H groups in total. The van der Waals surface area contributed by atoms with Gasteiger partial charge in [-0.25, -0.2) is 9.48 Å². The molecular weight excluding hydrogens is 280 g/mol. The van der Waals surface area contributed by atoms with E-state index in [-0.39, 0.29) is 12.1 Å². The van der Waals surface area contributed by atoms with Gasteiger partial charge in [0.25, 0.3) is 0 Å². The van der Waals surface area contributed by atoms with Gasteiger partial charge in [-0.05, 0) is 64.2 Å². The first-order valence-corrected chi connectivity index (χ1v) is 8.44. The lowest BCUT2D eigenvalue weighted by Gasteiger charge is -2.09. The molecule has 3 atom stereocenters. The maximum Gasteiger partial charge on any atom is 0.407 e. The summed E-state index contributed by atoms with van der Waals surface area (Å²) in [6, 6.07) is 0.123. The van der Waals surface area contributed by atoms with Crippen molar-refractivity contribution in [3.63, 3.8) is 0 Å². The molecular formula is C16H26N4O2. The van der Waals surface area contributed by atoms with Crippen LogP contribution < -0.4 is 5.32 Å². The van der Waals surface area contributed by atoms with Crippen LogP contribution in [-0.4, -0.2) is 33.7 Å². The van der Waals surface area contributed by atoms with Crippen LogP contribution in [0.3, 0.4) is 0 Å². The van der Waals surface area contributed by atoms with E-state index in [1.165, 1.54) is 11.4 Å². The van der Waals surface area contributed by atoms with E-state index in [4.69, 9.17) is 4.74 Å². The molecule has 3 unspecified atom stereocenters. The zero-order valence-electron chi connectivity index (χ0n) is 13.7. The highest BCUT2D eigenvalue weighted by molar-refractivity contribution is 5.67. The molecule has 1 saturated carbocycles. The molecule has 1 aromatic rings. The summed E-state index contributed by atoms with van der Waals surface area (Å²) in [7, 11) is 0. The van der Waals surface area contributed by atoms with E-state index >= 15 is 0 Å². The number of amides is 1. The van der Waals surface area contributed by atoms with E-state index in [0.29, 0.717) is 24.4 Å². The fraction of sp³-hybridized carbons (Fsp3) is 0.812. The highest BCUT2D eigenvalue weighted by Crippen LogP contribution is 2.52. The quantitative estimate of drug-likeness (QED) is 0.925. The van der Waals surface area contributed by atoms with Crippen molar-refractivity contribution in [3.05, 3.63) is 11.4 Å². The van der Waals surface area contributed by atoms with Gasteiger partial charge >= 0.3 is 6.09 Å². The molecule has 0 radical (unpaired) electrons. The normalized spacial score (nSPS) is 26.6. The second-order valence-corrected chi connectivity index (χ2v) is 6.77. The molecule has 1 heterocycles. The molecule has 0 saturated heterocycles. The zero-order valence-corrected chi connectivity index (χ0v) is 13.7. The molecule has 0 spiro atoms. The van der Waals surface area contributed by atoms with Gasteiger partial charge < -0.3 is 10.1 Å². The van der Waals surface area contributed by atoms with Crippen LogP contribution in [0.15, 0.2) is 0 Å². The second-order valence-electron chi connectivity index (χ2n) is 6.77. The SMILES string of the molecule is CCn1nnc2c1CCC1C(CC2)C1COC(=O)NC(C)C. The number of nitrogens with one attached hydrogen (secondary N) is 1. The minimum atomic E-state index is -0.291. The van der Waals surface area contributed by atoms with Crippen LogP contribution >= 0.6 is 0 Å². The summed E-state index contributed by atoms with van der Waals surface area (Å²) in [5, 5.41) is 11.3. The van der Waals surface area contributed by atoms with Crippen LogP contribution in [0.4, 0.5) is 4.79 Å². The number of rotatable bonds is 4. The maximum absolute atomic E-state index is 11.6. The number of ether oxygens (including phenoxy) is 1. The van der Waals surface area contributed by atoms with Crippen molar-refractivity contribution in [1.29, 1.82) is 0 Å². The van der Waals surface area contributed by atoms with E-state index in [1.54, 1.807) is 0 Å². The van der Waals surface area contributed by atoms with Gasteiger partial charge in [-0.2, -0.15) is 0 Å². The average molecular weight is 306 g/mol. The summed E-state index contributed by atoms with van der Waals surface area (Å²) in [4.78, 5) is 11.6. The molecule has 0 aliphatic heterocycles. The van der Waals surface area contributed by atoms with Gasteiger partial charge in [-0.1, -0.05) is 5.21 Å². The number of nitrogens with zero attached hydrogens (tertiary/aromatic N) is 3. The zero-order chi connectivity index (χ0) is 15.7. The molecule has 3 rings (SSSR count). The molecule has 0 bridgehead atoms. The Balaban J connectivity index is 1.53. The van der Waals surface area contributed by atoms with Gasteiger partial charge in [-0.15, -0.1) is 5.10 Å². The van der Waals surface area contributed by atoms with Crippen LogP contribution in [0.5, 0.6) is 0 Å². The van der Waals surface area contributed by atoms with E-state index in [9.17, 15) is 4.79 Å². The number of carbonyl (C=O) groups is 1. The molecule has 22 heavy (non-hydrogen) atoms. The van der Waals surface area contributed by atoms with Crippen LogP contribution in [0.1, 0.15) is 45.0 Å². The number of fused-ring (bicyclic) bond motifs is 2. The Morgan fingerprint density at radius 2 is 2.09 bits per heavy atom. The fourth-order valence-corrected chi connectivity index (χ4v) is 3.77. The third kappa shape index (κ3) is 3.10. The van der Waals surface area contributed by atoms with Crippen LogP contribution in [-0.2, 0) is 24.1 Å². The minimum Gasteiger partial charge on any atom is -0.449 e. The van der Waals surface area contributed by atoms with Crippen molar-refractivity contribution < 1.29 is 9.53 Å². The predicted octanol–water partition coefficient (Wildman–Crippen LogP) is 2.17. The van der Waals surface area contributed by atoms with Gasteiger partial charge in [0.15, 0.2) is 0 Å².